The van der Waals surface area contributed by atoms with Crippen molar-refractivity contribution in [1.29, 1.82) is 0 Å². The topological polar surface area (TPSA) is 21.7 Å². The Morgan fingerprint density at radius 2 is 1.91 bits per heavy atom. The summed E-state index contributed by atoms with van der Waals surface area (Å²) in [5.41, 5.74) is 1.30. The number of hydrogen-bond donors (Lipinski definition) is 0. The van der Waals surface area contributed by atoms with Gasteiger partial charge in [-0.25, -0.2) is 0 Å². The van der Waals surface area contributed by atoms with E-state index in [2.05, 4.69) is 23.1 Å². The van der Waals surface area contributed by atoms with Crippen LogP contribution in [0.25, 0.3) is 10.8 Å². The van der Waals surface area contributed by atoms with Crippen LogP contribution < -0.4 is 9.47 Å². The summed E-state index contributed by atoms with van der Waals surface area (Å²) < 4.78 is 11.6. The van der Waals surface area contributed by atoms with Crippen molar-refractivity contribution in [3.8, 4) is 11.5 Å². The second-order valence-corrected chi connectivity index (χ2v) is 6.42. The largest absolute Gasteiger partial charge is 0.496 e. The van der Waals surface area contributed by atoms with Gasteiger partial charge in [0.15, 0.2) is 0 Å². The molecule has 1 fully saturated rings. The molecule has 1 aliphatic heterocycles. The Hall–Kier alpha value is -1.74. The lowest BCUT2D eigenvalue weighted by molar-refractivity contribution is 0.0415. The highest BCUT2D eigenvalue weighted by molar-refractivity contribution is 5.94. The van der Waals surface area contributed by atoms with Crippen LogP contribution in [-0.4, -0.2) is 24.8 Å². The van der Waals surface area contributed by atoms with Gasteiger partial charge in [0, 0.05) is 28.9 Å². The van der Waals surface area contributed by atoms with Gasteiger partial charge in [0.2, 0.25) is 0 Å². The van der Waals surface area contributed by atoms with Gasteiger partial charge in [-0.1, -0.05) is 43.5 Å². The normalized spacial score (nSPS) is 19.7. The Balaban J connectivity index is 1.67. The smallest absolute Gasteiger partial charge is 0.142 e. The van der Waals surface area contributed by atoms with Crippen LogP contribution in [0.5, 0.6) is 11.5 Å². The van der Waals surface area contributed by atoms with Crippen molar-refractivity contribution >= 4 is 10.8 Å². The van der Waals surface area contributed by atoms with E-state index in [0.29, 0.717) is 12.8 Å². The van der Waals surface area contributed by atoms with Crippen molar-refractivity contribution in [3.63, 3.8) is 0 Å². The van der Waals surface area contributed by atoms with Gasteiger partial charge in [-0.05, 0) is 18.9 Å². The highest BCUT2D eigenvalue weighted by Gasteiger charge is 2.26. The summed E-state index contributed by atoms with van der Waals surface area (Å²) in [6.45, 7) is 1.72. The van der Waals surface area contributed by atoms with Crippen LogP contribution in [0.1, 0.15) is 37.7 Å². The van der Waals surface area contributed by atoms with Crippen molar-refractivity contribution in [2.24, 2.45) is 0 Å². The fourth-order valence-electron chi connectivity index (χ4n) is 3.91. The van der Waals surface area contributed by atoms with Crippen LogP contribution >= 0.6 is 0 Å². The molecule has 4 rings (SSSR count). The molecule has 0 atom stereocenters. The highest BCUT2D eigenvalue weighted by atomic mass is 16.5. The second kappa shape index (κ2) is 5.81. The maximum atomic E-state index is 6.17. The fraction of sp³-hybridized carbons (Fsp3) is 0.474. The van der Waals surface area contributed by atoms with Gasteiger partial charge in [-0.15, -0.1) is 0 Å². The number of benzene rings is 2. The van der Waals surface area contributed by atoms with Crippen molar-refractivity contribution in [1.82, 2.24) is 4.90 Å². The van der Waals surface area contributed by atoms with Gasteiger partial charge < -0.3 is 9.47 Å². The van der Waals surface area contributed by atoms with Crippen molar-refractivity contribution in [2.75, 3.05) is 13.8 Å². The second-order valence-electron chi connectivity index (χ2n) is 6.42. The maximum Gasteiger partial charge on any atom is 0.142 e. The summed E-state index contributed by atoms with van der Waals surface area (Å²) in [6, 6.07) is 11.2. The first-order valence-corrected chi connectivity index (χ1v) is 8.32. The third kappa shape index (κ3) is 2.34. The predicted octanol–water partition coefficient (Wildman–Crippen LogP) is 4.33. The molecule has 22 heavy (non-hydrogen) atoms. The molecule has 0 radical (unpaired) electrons. The standard InChI is InChI=1S/C19H23NO2/c1-21-18-9-5-8-17-16(18)11-10-14-12-20(13-22-19(14)17)15-6-3-2-4-7-15/h5,8-11,15H,2-4,6-7,12-13H2,1H3. The average Bonchev–Trinajstić information content (AvgIpc) is 2.61. The van der Waals surface area contributed by atoms with Crippen molar-refractivity contribution < 1.29 is 9.47 Å². The van der Waals surface area contributed by atoms with Crippen LogP contribution in [0, 0.1) is 0 Å². The molecule has 116 valence electrons. The minimum absolute atomic E-state index is 0.697. The molecule has 2 aromatic carbocycles. The first-order valence-electron chi connectivity index (χ1n) is 8.32. The fourth-order valence-corrected chi connectivity index (χ4v) is 3.91. The molecule has 0 unspecified atom stereocenters. The zero-order valence-electron chi connectivity index (χ0n) is 13.2. The highest BCUT2D eigenvalue weighted by Crippen LogP contribution is 2.38. The van der Waals surface area contributed by atoms with E-state index >= 15 is 0 Å². The molecule has 1 aliphatic carbocycles. The van der Waals surface area contributed by atoms with Crippen LogP contribution in [0.15, 0.2) is 30.3 Å². The average molecular weight is 297 g/mol. The molecule has 0 amide bonds. The van der Waals surface area contributed by atoms with Gasteiger partial charge in [0.25, 0.3) is 0 Å². The molecular weight excluding hydrogens is 274 g/mol. The van der Waals surface area contributed by atoms with E-state index in [0.717, 1.165) is 23.4 Å². The Labute approximate surface area is 131 Å². The summed E-state index contributed by atoms with van der Waals surface area (Å²) in [4.78, 5) is 2.51. The molecular formula is C19H23NO2. The molecule has 1 heterocycles. The number of methoxy groups -OCH3 is 1. The zero-order valence-corrected chi connectivity index (χ0v) is 13.2. The monoisotopic (exact) mass is 297 g/mol. The molecule has 0 aromatic heterocycles. The first kappa shape index (κ1) is 13.9. The van der Waals surface area contributed by atoms with Crippen LogP contribution in [-0.2, 0) is 6.54 Å². The van der Waals surface area contributed by atoms with Gasteiger partial charge in [-0.3, -0.25) is 4.90 Å². The molecule has 3 heteroatoms. The summed E-state index contributed by atoms with van der Waals surface area (Å²) in [6.07, 6.45) is 6.76. The zero-order chi connectivity index (χ0) is 14.9. The van der Waals surface area contributed by atoms with Crippen molar-refractivity contribution in [2.45, 2.75) is 44.7 Å². The summed E-state index contributed by atoms with van der Waals surface area (Å²) >= 11 is 0. The molecule has 2 aromatic rings. The van der Waals surface area contributed by atoms with E-state index in [1.54, 1.807) is 7.11 Å². The number of fused-ring (bicyclic) bond motifs is 3. The molecule has 2 aliphatic rings. The summed E-state index contributed by atoms with van der Waals surface area (Å²) in [7, 11) is 1.72. The van der Waals surface area contributed by atoms with Gasteiger partial charge in [0.1, 0.15) is 18.2 Å². The van der Waals surface area contributed by atoms with Crippen molar-refractivity contribution in [3.05, 3.63) is 35.9 Å². The lowest BCUT2D eigenvalue weighted by Gasteiger charge is -2.37. The Morgan fingerprint density at radius 3 is 2.73 bits per heavy atom. The Bertz CT molecular complexity index is 676. The minimum Gasteiger partial charge on any atom is -0.496 e. The lowest BCUT2D eigenvalue weighted by atomic mass is 9.93. The third-order valence-corrected chi connectivity index (χ3v) is 5.11. The van der Waals surface area contributed by atoms with Gasteiger partial charge >= 0.3 is 0 Å². The summed E-state index contributed by atoms with van der Waals surface area (Å²) in [5.74, 6) is 1.96. The molecule has 0 bridgehead atoms. The number of hydrogen-bond acceptors (Lipinski definition) is 3. The lowest BCUT2D eigenvalue weighted by Crippen LogP contribution is -2.41. The van der Waals surface area contributed by atoms with E-state index in [9.17, 15) is 0 Å². The SMILES string of the molecule is COc1cccc2c3c(ccc12)CN(C1CCCCC1)CO3. The molecule has 0 N–H and O–H groups in total. The summed E-state index contributed by atoms with van der Waals surface area (Å²) in [5, 5.41) is 2.30. The molecule has 1 saturated carbocycles. The van der Waals surface area contributed by atoms with Crippen LogP contribution in [0.2, 0.25) is 0 Å². The maximum absolute atomic E-state index is 6.17. The van der Waals surface area contributed by atoms with E-state index in [1.165, 1.54) is 43.1 Å². The number of ether oxygens (including phenoxy) is 2. The van der Waals surface area contributed by atoms with Gasteiger partial charge in [0.05, 0.1) is 7.11 Å². The van der Waals surface area contributed by atoms with E-state index in [1.807, 2.05) is 12.1 Å². The predicted molar refractivity (Wildman–Crippen MR) is 88.4 cm³/mol. The number of rotatable bonds is 2. The van der Waals surface area contributed by atoms with Crippen LogP contribution in [0.4, 0.5) is 0 Å². The number of nitrogens with zero attached hydrogens (tertiary/aromatic N) is 1. The molecule has 0 saturated heterocycles. The first-order chi connectivity index (χ1) is 10.9. The quantitative estimate of drug-likeness (QED) is 0.823. The Kier molecular flexibility index (Phi) is 3.67. The third-order valence-electron chi connectivity index (χ3n) is 5.11. The molecule has 3 nitrogen and oxygen atoms in total. The van der Waals surface area contributed by atoms with E-state index in [4.69, 9.17) is 9.47 Å². The van der Waals surface area contributed by atoms with Gasteiger partial charge in [-0.2, -0.15) is 0 Å². The van der Waals surface area contributed by atoms with E-state index < -0.39 is 0 Å². The minimum atomic E-state index is 0.697. The van der Waals surface area contributed by atoms with E-state index in [-0.39, 0.29) is 0 Å². The van der Waals surface area contributed by atoms with Crippen LogP contribution in [0.3, 0.4) is 0 Å². The molecule has 0 spiro atoms. The Morgan fingerprint density at radius 1 is 1.05 bits per heavy atom.